The van der Waals surface area contributed by atoms with Crippen LogP contribution in [0.3, 0.4) is 0 Å². The Morgan fingerprint density at radius 1 is 0.885 bits per heavy atom. The third-order valence-corrected chi connectivity index (χ3v) is 4.88. The van der Waals surface area contributed by atoms with Gasteiger partial charge in [-0.25, -0.2) is 4.98 Å². The fraction of sp³-hybridized carbons (Fsp3) is 0.105. The van der Waals surface area contributed by atoms with E-state index in [1.807, 2.05) is 49.4 Å². The molecule has 4 aromatic rings. The van der Waals surface area contributed by atoms with Gasteiger partial charge in [0.2, 0.25) is 12.6 Å². The normalized spacial score (nSPS) is 12.5. The number of fused-ring (bicyclic) bond motifs is 1. The first kappa shape index (κ1) is 15.1. The fourth-order valence-corrected chi connectivity index (χ4v) is 3.40. The number of thiazole rings is 1. The van der Waals surface area contributed by atoms with E-state index in [4.69, 9.17) is 14.0 Å². The number of hydrogen-bond donors (Lipinski definition) is 0. The Hall–Kier alpha value is -3.19. The molecular weight excluding hydrogens is 350 g/mol. The molecule has 6 nitrogen and oxygen atoms in total. The molecule has 2 aromatic heterocycles. The summed E-state index contributed by atoms with van der Waals surface area (Å²) in [5.74, 6) is 2.39. The largest absolute Gasteiger partial charge is 0.454 e. The van der Waals surface area contributed by atoms with E-state index in [0.29, 0.717) is 17.5 Å². The van der Waals surface area contributed by atoms with Crippen LogP contribution < -0.4 is 9.47 Å². The summed E-state index contributed by atoms with van der Waals surface area (Å²) in [7, 11) is 0. The van der Waals surface area contributed by atoms with Crippen molar-refractivity contribution in [3.63, 3.8) is 0 Å². The molecule has 128 valence electrons. The van der Waals surface area contributed by atoms with Gasteiger partial charge in [-0.1, -0.05) is 29.4 Å². The molecule has 1 aliphatic heterocycles. The Labute approximate surface area is 153 Å². The average Bonchev–Trinajstić information content (AvgIpc) is 3.41. The summed E-state index contributed by atoms with van der Waals surface area (Å²) < 4.78 is 16.1. The summed E-state index contributed by atoms with van der Waals surface area (Å²) in [6, 6.07) is 13.5. The van der Waals surface area contributed by atoms with Crippen molar-refractivity contribution < 1.29 is 14.0 Å². The lowest BCUT2D eigenvalue weighted by atomic mass is 10.1. The van der Waals surface area contributed by atoms with Gasteiger partial charge in [-0.05, 0) is 25.1 Å². The van der Waals surface area contributed by atoms with E-state index in [2.05, 4.69) is 20.5 Å². The van der Waals surface area contributed by atoms with Crippen LogP contribution in [0.4, 0.5) is 0 Å². The Balaban J connectivity index is 1.43. The van der Waals surface area contributed by atoms with Gasteiger partial charge in [0.05, 0.1) is 10.7 Å². The van der Waals surface area contributed by atoms with Crippen LogP contribution in [-0.4, -0.2) is 21.9 Å². The summed E-state index contributed by atoms with van der Waals surface area (Å²) in [4.78, 5) is 9.00. The molecular formula is C19H13N3O3S. The highest BCUT2D eigenvalue weighted by molar-refractivity contribution is 7.09. The minimum Gasteiger partial charge on any atom is -0.454 e. The second-order valence-corrected chi connectivity index (χ2v) is 6.88. The maximum Gasteiger partial charge on any atom is 0.258 e. The summed E-state index contributed by atoms with van der Waals surface area (Å²) in [5.41, 5.74) is 3.73. The van der Waals surface area contributed by atoms with Crippen LogP contribution >= 0.6 is 11.3 Å². The van der Waals surface area contributed by atoms with Crippen molar-refractivity contribution in [2.24, 2.45) is 0 Å². The summed E-state index contributed by atoms with van der Waals surface area (Å²) in [6.07, 6.45) is 0. The molecule has 0 N–H and O–H groups in total. The van der Waals surface area contributed by atoms with Crippen molar-refractivity contribution in [1.29, 1.82) is 0 Å². The zero-order valence-electron chi connectivity index (χ0n) is 13.8. The van der Waals surface area contributed by atoms with Gasteiger partial charge in [0, 0.05) is 22.1 Å². The third-order valence-electron chi connectivity index (χ3n) is 4.10. The van der Waals surface area contributed by atoms with Crippen LogP contribution in [0.1, 0.15) is 5.01 Å². The van der Waals surface area contributed by atoms with E-state index >= 15 is 0 Å². The van der Waals surface area contributed by atoms with E-state index in [1.165, 1.54) is 0 Å². The monoisotopic (exact) mass is 363 g/mol. The molecule has 0 saturated heterocycles. The zero-order valence-corrected chi connectivity index (χ0v) is 14.6. The molecule has 0 spiro atoms. The molecule has 0 radical (unpaired) electrons. The van der Waals surface area contributed by atoms with E-state index in [-0.39, 0.29) is 6.79 Å². The molecule has 0 unspecified atom stereocenters. The quantitative estimate of drug-likeness (QED) is 0.531. The molecule has 0 aliphatic carbocycles. The predicted molar refractivity (Wildman–Crippen MR) is 97.1 cm³/mol. The minimum absolute atomic E-state index is 0.235. The van der Waals surface area contributed by atoms with Crippen LogP contribution in [0.5, 0.6) is 11.5 Å². The Bertz CT molecular complexity index is 1090. The number of ether oxygens (including phenoxy) is 2. The lowest BCUT2D eigenvalue weighted by Gasteiger charge is -1.98. The molecule has 1 aliphatic rings. The SMILES string of the molecule is Cc1nc(-c2ccc(-c3noc(-c4ccc5c(c4)OCO5)n3)cc2)cs1. The average molecular weight is 363 g/mol. The maximum absolute atomic E-state index is 5.41. The molecule has 26 heavy (non-hydrogen) atoms. The van der Waals surface area contributed by atoms with Gasteiger partial charge in [-0.2, -0.15) is 4.98 Å². The molecule has 0 atom stereocenters. The number of hydrogen-bond acceptors (Lipinski definition) is 7. The summed E-state index contributed by atoms with van der Waals surface area (Å²) >= 11 is 1.64. The Morgan fingerprint density at radius 2 is 1.65 bits per heavy atom. The molecule has 0 amide bonds. The van der Waals surface area contributed by atoms with Gasteiger partial charge in [0.15, 0.2) is 11.5 Å². The highest BCUT2D eigenvalue weighted by Crippen LogP contribution is 2.36. The third kappa shape index (κ3) is 2.62. The molecule has 7 heteroatoms. The number of nitrogens with zero attached hydrogens (tertiary/aromatic N) is 3. The topological polar surface area (TPSA) is 70.3 Å². The fourth-order valence-electron chi connectivity index (χ4n) is 2.77. The summed E-state index contributed by atoms with van der Waals surface area (Å²) in [5, 5.41) is 7.19. The van der Waals surface area contributed by atoms with Crippen molar-refractivity contribution in [3.8, 4) is 45.6 Å². The van der Waals surface area contributed by atoms with Crippen LogP contribution in [0.2, 0.25) is 0 Å². The van der Waals surface area contributed by atoms with Gasteiger partial charge in [0.25, 0.3) is 5.89 Å². The summed E-state index contributed by atoms with van der Waals surface area (Å²) in [6.45, 7) is 2.23. The first-order valence-corrected chi connectivity index (χ1v) is 8.91. The zero-order chi connectivity index (χ0) is 17.5. The smallest absolute Gasteiger partial charge is 0.258 e. The van der Waals surface area contributed by atoms with E-state index < -0.39 is 0 Å². The predicted octanol–water partition coefficient (Wildman–Crippen LogP) is 4.56. The van der Waals surface area contributed by atoms with Crippen molar-refractivity contribution in [2.75, 3.05) is 6.79 Å². The lowest BCUT2D eigenvalue weighted by Crippen LogP contribution is -1.92. The van der Waals surface area contributed by atoms with Gasteiger partial charge in [-0.3, -0.25) is 0 Å². The van der Waals surface area contributed by atoms with Crippen molar-refractivity contribution in [3.05, 3.63) is 52.9 Å². The van der Waals surface area contributed by atoms with Gasteiger partial charge in [0.1, 0.15) is 0 Å². The lowest BCUT2D eigenvalue weighted by molar-refractivity contribution is 0.174. The van der Waals surface area contributed by atoms with Crippen molar-refractivity contribution >= 4 is 11.3 Å². The second kappa shape index (κ2) is 5.96. The number of aryl methyl sites for hydroxylation is 1. The molecule has 0 fully saturated rings. The van der Waals surface area contributed by atoms with Crippen molar-refractivity contribution in [2.45, 2.75) is 6.92 Å². The molecule has 0 bridgehead atoms. The van der Waals surface area contributed by atoms with Crippen LogP contribution in [0.15, 0.2) is 52.4 Å². The van der Waals surface area contributed by atoms with E-state index in [0.717, 1.165) is 33.1 Å². The highest BCUT2D eigenvalue weighted by atomic mass is 32.1. The Kier molecular flexibility index (Phi) is 3.46. The number of aromatic nitrogens is 3. The first-order valence-electron chi connectivity index (χ1n) is 8.03. The van der Waals surface area contributed by atoms with Crippen molar-refractivity contribution in [1.82, 2.24) is 15.1 Å². The molecule has 0 saturated carbocycles. The highest BCUT2D eigenvalue weighted by Gasteiger charge is 2.17. The molecule has 3 heterocycles. The Morgan fingerprint density at radius 3 is 2.46 bits per heavy atom. The van der Waals surface area contributed by atoms with Gasteiger partial charge in [-0.15, -0.1) is 11.3 Å². The molecule has 5 rings (SSSR count). The van der Waals surface area contributed by atoms with Gasteiger partial charge < -0.3 is 14.0 Å². The maximum atomic E-state index is 5.41. The second-order valence-electron chi connectivity index (χ2n) is 5.82. The van der Waals surface area contributed by atoms with Crippen LogP contribution in [0.25, 0.3) is 34.1 Å². The first-order chi connectivity index (χ1) is 12.8. The number of rotatable bonds is 3. The molecule has 2 aromatic carbocycles. The minimum atomic E-state index is 0.235. The van der Waals surface area contributed by atoms with E-state index in [1.54, 1.807) is 11.3 Å². The van der Waals surface area contributed by atoms with Crippen LogP contribution in [-0.2, 0) is 0 Å². The van der Waals surface area contributed by atoms with Gasteiger partial charge >= 0.3 is 0 Å². The standard InChI is InChI=1S/C19H13N3O3S/c1-11-20-15(9-26-11)12-2-4-13(5-3-12)18-21-19(25-22-18)14-6-7-16-17(8-14)24-10-23-16/h2-9H,10H2,1H3. The van der Waals surface area contributed by atoms with E-state index in [9.17, 15) is 0 Å². The number of benzene rings is 2. The van der Waals surface area contributed by atoms with Crippen LogP contribution in [0, 0.1) is 6.92 Å².